The molecule has 0 fully saturated rings. The number of fused-ring (bicyclic) bond motifs is 1. The molecule has 4 aromatic rings. The summed E-state index contributed by atoms with van der Waals surface area (Å²) in [5.74, 6) is -0.977. The summed E-state index contributed by atoms with van der Waals surface area (Å²) in [7, 11) is -3.82. The van der Waals surface area contributed by atoms with Crippen molar-refractivity contribution in [2.24, 2.45) is 4.99 Å². The first kappa shape index (κ1) is 24.8. The molecule has 3 aromatic carbocycles. The predicted octanol–water partition coefficient (Wildman–Crippen LogP) is 4.73. The number of nitrogens with one attached hydrogen (secondary N) is 1. The molecule has 1 amide bonds. The number of carbonyl (C=O) groups is 1. The number of amides is 1. The summed E-state index contributed by atoms with van der Waals surface area (Å²) < 4.78 is 50.2. The Bertz CT molecular complexity index is 1540. The highest BCUT2D eigenvalue weighted by Gasteiger charge is 2.16. The van der Waals surface area contributed by atoms with Crippen molar-refractivity contribution >= 4 is 43.2 Å². The van der Waals surface area contributed by atoms with Crippen molar-refractivity contribution in [2.75, 3.05) is 17.9 Å². The molecule has 0 aliphatic carbocycles. The zero-order valence-electron chi connectivity index (χ0n) is 19.2. The number of aryl methyl sites for hydroxylation is 1. The van der Waals surface area contributed by atoms with E-state index in [-0.39, 0.29) is 16.1 Å². The molecule has 35 heavy (non-hydrogen) atoms. The molecular weight excluding hydrogens is 489 g/mol. The Morgan fingerprint density at radius 1 is 1.11 bits per heavy atom. The van der Waals surface area contributed by atoms with Crippen molar-refractivity contribution in [1.82, 2.24) is 4.57 Å². The van der Waals surface area contributed by atoms with E-state index in [1.165, 1.54) is 35.6 Å². The van der Waals surface area contributed by atoms with Gasteiger partial charge in [0.2, 0.25) is 0 Å². The highest BCUT2D eigenvalue weighted by molar-refractivity contribution is 7.92. The molecule has 0 radical (unpaired) electrons. The van der Waals surface area contributed by atoms with Crippen LogP contribution in [-0.2, 0) is 21.3 Å². The molecule has 0 atom stereocenters. The quantitative estimate of drug-likeness (QED) is 0.345. The molecule has 0 aliphatic rings. The Morgan fingerprint density at radius 3 is 2.60 bits per heavy atom. The minimum absolute atomic E-state index is 0.118. The average Bonchev–Trinajstić information content (AvgIpc) is 3.17. The number of para-hydroxylation sites is 1. The highest BCUT2D eigenvalue weighted by atomic mass is 32.2. The second kappa shape index (κ2) is 10.5. The molecule has 0 unspecified atom stereocenters. The first-order valence-corrected chi connectivity index (χ1v) is 13.2. The van der Waals surface area contributed by atoms with Gasteiger partial charge in [0.1, 0.15) is 5.82 Å². The second-order valence-electron chi connectivity index (χ2n) is 7.74. The zero-order valence-corrected chi connectivity index (χ0v) is 20.8. The number of anilines is 1. The van der Waals surface area contributed by atoms with Gasteiger partial charge in [0.15, 0.2) is 4.80 Å². The van der Waals surface area contributed by atoms with Crippen LogP contribution in [0, 0.1) is 12.7 Å². The Hall–Kier alpha value is -3.34. The van der Waals surface area contributed by atoms with Crippen molar-refractivity contribution in [3.8, 4) is 0 Å². The number of halogens is 1. The van der Waals surface area contributed by atoms with Gasteiger partial charge in [0.25, 0.3) is 15.9 Å². The summed E-state index contributed by atoms with van der Waals surface area (Å²) in [6, 6.07) is 17.3. The van der Waals surface area contributed by atoms with Crippen molar-refractivity contribution in [1.29, 1.82) is 0 Å². The fourth-order valence-corrected chi connectivity index (χ4v) is 5.60. The van der Waals surface area contributed by atoms with E-state index >= 15 is 0 Å². The van der Waals surface area contributed by atoms with Crippen LogP contribution in [0.25, 0.3) is 10.2 Å². The van der Waals surface area contributed by atoms with Crippen LogP contribution < -0.4 is 9.52 Å². The Balaban J connectivity index is 1.66. The molecular formula is C25H24FN3O4S2. The van der Waals surface area contributed by atoms with Gasteiger partial charge in [-0.2, -0.15) is 4.99 Å². The molecule has 7 nitrogen and oxygen atoms in total. The lowest BCUT2D eigenvalue weighted by atomic mass is 10.2. The number of hydrogen-bond donors (Lipinski definition) is 1. The summed E-state index contributed by atoms with van der Waals surface area (Å²) in [6.07, 6.45) is 0. The fraction of sp³-hybridized carbons (Fsp3) is 0.200. The molecule has 0 saturated heterocycles. The van der Waals surface area contributed by atoms with Crippen molar-refractivity contribution < 1.29 is 22.3 Å². The summed E-state index contributed by atoms with van der Waals surface area (Å²) in [5.41, 5.74) is 1.74. The van der Waals surface area contributed by atoms with Crippen molar-refractivity contribution in [3.05, 3.63) is 88.5 Å². The van der Waals surface area contributed by atoms with E-state index in [1.807, 2.05) is 13.8 Å². The van der Waals surface area contributed by atoms with E-state index in [9.17, 15) is 17.6 Å². The number of hydrogen-bond acceptors (Lipinski definition) is 5. The third-order valence-electron chi connectivity index (χ3n) is 5.21. The number of thiazole rings is 1. The van der Waals surface area contributed by atoms with Gasteiger partial charge in [-0.1, -0.05) is 41.2 Å². The van der Waals surface area contributed by atoms with Crippen LogP contribution in [0.5, 0.6) is 0 Å². The van der Waals surface area contributed by atoms with Gasteiger partial charge in [-0.15, -0.1) is 0 Å². The molecule has 0 saturated carbocycles. The van der Waals surface area contributed by atoms with Crippen LogP contribution in [0.15, 0.2) is 76.6 Å². The monoisotopic (exact) mass is 513 g/mol. The molecule has 0 aliphatic heterocycles. The standard InChI is InChI=1S/C25H24FN3O4S2/c1-3-33-15-14-29-23-21(26)8-5-9-22(23)34-25(29)27-24(30)18-6-4-7-19(16-18)28-35(31,32)20-12-10-17(2)11-13-20/h4-13,16,28H,3,14-15H2,1-2H3. The van der Waals surface area contributed by atoms with Crippen LogP contribution in [0.3, 0.4) is 0 Å². The topological polar surface area (TPSA) is 89.8 Å². The number of benzene rings is 3. The normalized spacial score (nSPS) is 12.3. The molecule has 10 heteroatoms. The third kappa shape index (κ3) is 5.67. The van der Waals surface area contributed by atoms with Crippen LogP contribution in [0.2, 0.25) is 0 Å². The number of sulfonamides is 1. The predicted molar refractivity (Wildman–Crippen MR) is 135 cm³/mol. The van der Waals surface area contributed by atoms with E-state index in [2.05, 4.69) is 9.71 Å². The van der Waals surface area contributed by atoms with Gasteiger partial charge < -0.3 is 9.30 Å². The summed E-state index contributed by atoms with van der Waals surface area (Å²) in [5, 5.41) is 0. The first-order chi connectivity index (χ1) is 16.8. The Morgan fingerprint density at radius 2 is 1.86 bits per heavy atom. The van der Waals surface area contributed by atoms with E-state index in [4.69, 9.17) is 4.74 Å². The summed E-state index contributed by atoms with van der Waals surface area (Å²) in [4.78, 5) is 17.7. The lowest BCUT2D eigenvalue weighted by Crippen LogP contribution is -2.20. The van der Waals surface area contributed by atoms with Crippen molar-refractivity contribution in [3.63, 3.8) is 0 Å². The lowest BCUT2D eigenvalue weighted by Gasteiger charge is -2.09. The van der Waals surface area contributed by atoms with Crippen LogP contribution in [-0.4, -0.2) is 32.1 Å². The van der Waals surface area contributed by atoms with Gasteiger partial charge in [-0.05, 0) is 56.3 Å². The van der Waals surface area contributed by atoms with Crippen LogP contribution in [0.4, 0.5) is 10.1 Å². The van der Waals surface area contributed by atoms with E-state index in [0.717, 1.165) is 5.56 Å². The SMILES string of the molecule is CCOCCn1c(=NC(=O)c2cccc(NS(=O)(=O)c3ccc(C)cc3)c2)sc2cccc(F)c21. The maximum atomic E-state index is 14.6. The number of ether oxygens (including phenoxy) is 1. The van der Waals surface area contributed by atoms with E-state index in [1.54, 1.807) is 47.0 Å². The summed E-state index contributed by atoms with van der Waals surface area (Å²) in [6.45, 7) is 4.92. The molecule has 4 rings (SSSR count). The van der Waals surface area contributed by atoms with Crippen molar-refractivity contribution in [2.45, 2.75) is 25.3 Å². The third-order valence-corrected chi connectivity index (χ3v) is 7.65. The summed E-state index contributed by atoms with van der Waals surface area (Å²) >= 11 is 1.20. The molecule has 1 N–H and O–H groups in total. The fourth-order valence-electron chi connectivity index (χ4n) is 3.48. The largest absolute Gasteiger partial charge is 0.380 e. The molecule has 0 bridgehead atoms. The molecule has 1 heterocycles. The van der Waals surface area contributed by atoms with Crippen LogP contribution >= 0.6 is 11.3 Å². The number of rotatable bonds is 8. The van der Waals surface area contributed by atoms with E-state index in [0.29, 0.717) is 34.8 Å². The Labute approximate surface area is 206 Å². The molecule has 0 spiro atoms. The zero-order chi connectivity index (χ0) is 25.0. The highest BCUT2D eigenvalue weighted by Crippen LogP contribution is 2.21. The molecule has 182 valence electrons. The maximum Gasteiger partial charge on any atom is 0.279 e. The number of nitrogens with zero attached hydrogens (tertiary/aromatic N) is 2. The second-order valence-corrected chi connectivity index (χ2v) is 10.4. The first-order valence-electron chi connectivity index (χ1n) is 10.9. The van der Waals surface area contributed by atoms with Gasteiger partial charge in [0.05, 0.1) is 21.7 Å². The lowest BCUT2D eigenvalue weighted by molar-refractivity contribution is 0.0996. The van der Waals surface area contributed by atoms with Gasteiger partial charge in [-0.3, -0.25) is 9.52 Å². The van der Waals surface area contributed by atoms with Crippen LogP contribution in [0.1, 0.15) is 22.8 Å². The number of carbonyl (C=O) groups excluding carboxylic acids is 1. The number of aromatic nitrogens is 1. The van der Waals surface area contributed by atoms with Gasteiger partial charge in [0, 0.05) is 24.4 Å². The Kier molecular flexibility index (Phi) is 7.44. The minimum Gasteiger partial charge on any atom is -0.380 e. The maximum absolute atomic E-state index is 14.6. The minimum atomic E-state index is -3.82. The molecule has 1 aromatic heterocycles. The van der Waals surface area contributed by atoms with Gasteiger partial charge >= 0.3 is 0 Å². The van der Waals surface area contributed by atoms with Gasteiger partial charge in [-0.25, -0.2) is 12.8 Å². The van der Waals surface area contributed by atoms with E-state index < -0.39 is 21.7 Å². The smallest absolute Gasteiger partial charge is 0.279 e. The average molecular weight is 514 g/mol.